The van der Waals surface area contributed by atoms with Crippen molar-refractivity contribution in [3.8, 4) is 17.3 Å². The summed E-state index contributed by atoms with van der Waals surface area (Å²) < 4.78 is 14.5. The van der Waals surface area contributed by atoms with Gasteiger partial charge in [-0.3, -0.25) is 0 Å². The van der Waals surface area contributed by atoms with Crippen molar-refractivity contribution in [1.29, 1.82) is 0 Å². The summed E-state index contributed by atoms with van der Waals surface area (Å²) in [6.45, 7) is 0. The first-order valence-corrected chi connectivity index (χ1v) is 13.2. The number of ether oxygens (including phenoxy) is 2. The number of rotatable bonds is 3. The summed E-state index contributed by atoms with van der Waals surface area (Å²) in [6.07, 6.45) is 6.98. The van der Waals surface area contributed by atoms with Gasteiger partial charge in [-0.2, -0.15) is 4.98 Å². The van der Waals surface area contributed by atoms with Gasteiger partial charge in [-0.1, -0.05) is 43.5 Å². The number of nitrogens with two attached hydrogens (primary N) is 2. The first-order valence-electron chi connectivity index (χ1n) is 11.3. The number of aromatic amines is 1. The van der Waals surface area contributed by atoms with Crippen LogP contribution in [0.3, 0.4) is 0 Å². The van der Waals surface area contributed by atoms with E-state index in [0.29, 0.717) is 5.15 Å². The van der Waals surface area contributed by atoms with Crippen LogP contribution in [0.4, 0.5) is 11.9 Å². The average molecular weight is 675 g/mol. The Kier molecular flexibility index (Phi) is 9.23. The van der Waals surface area contributed by atoms with Gasteiger partial charge in [0.25, 0.3) is 0 Å². The van der Waals surface area contributed by atoms with Crippen molar-refractivity contribution in [3.63, 3.8) is 0 Å². The fourth-order valence-electron chi connectivity index (χ4n) is 3.66. The number of hydrogen-bond acceptors (Lipinski definition) is 8. The molecule has 0 saturated heterocycles. The summed E-state index contributed by atoms with van der Waals surface area (Å²) in [6, 6.07) is 15.3. The zero-order valence-electron chi connectivity index (χ0n) is 20.8. The lowest BCUT2D eigenvalue weighted by Gasteiger charge is -2.07. The van der Waals surface area contributed by atoms with E-state index in [1.54, 1.807) is 26.5 Å². The lowest BCUT2D eigenvalue weighted by molar-refractivity contribution is 0.419. The summed E-state index contributed by atoms with van der Waals surface area (Å²) in [5.74, 6) is 2.88. The largest absolute Gasteiger partial charge is 0.496 e. The molecule has 6 rings (SSSR count). The van der Waals surface area contributed by atoms with Crippen molar-refractivity contribution < 1.29 is 9.47 Å². The van der Waals surface area contributed by atoms with Crippen molar-refractivity contribution in [2.24, 2.45) is 0 Å². The van der Waals surface area contributed by atoms with Gasteiger partial charge in [-0.25, -0.2) is 15.0 Å². The Balaban J connectivity index is 0.000000150. The van der Waals surface area contributed by atoms with E-state index in [9.17, 15) is 0 Å². The molecule has 4 heterocycles. The van der Waals surface area contributed by atoms with Crippen molar-refractivity contribution in [2.45, 2.75) is 0 Å². The number of H-pyrrole nitrogens is 1. The minimum atomic E-state index is 0.206. The maximum absolute atomic E-state index is 5.63. The Morgan fingerprint density at radius 3 is 2.08 bits per heavy atom. The molecule has 0 spiro atoms. The van der Waals surface area contributed by atoms with Crippen LogP contribution in [0.15, 0.2) is 82.3 Å². The van der Waals surface area contributed by atoms with Crippen molar-refractivity contribution >= 4 is 77.2 Å². The van der Waals surface area contributed by atoms with E-state index < -0.39 is 0 Å². The molecule has 0 bridgehead atoms. The Bertz CT molecular complexity index is 1710. The average Bonchev–Trinajstić information content (AvgIpc) is 3.55. The second-order valence-corrected chi connectivity index (χ2v) is 10.0. The second kappa shape index (κ2) is 12.8. The first-order chi connectivity index (χ1) is 18.8. The molecule has 0 amide bonds. The van der Waals surface area contributed by atoms with E-state index in [1.165, 1.54) is 6.20 Å². The number of methoxy groups -OCH3 is 2. The molecular formula is C26H23Br2ClN8O2. The number of anilines is 2. The standard InChI is InChI=1S/C13H11BrN4O.C9H8BrNO.C4H4ClN3/c1-19-11-7-8(14)6-10-9(11)3-5-18(10)12-2-4-16-13(15)17-12;1-12-9-5-6(10)4-8-7(9)2-3-11-8;5-3-1-2-7-4(6)8-3/h2-7H,1H3,(H2,15,16,17);2-5,11H,1H3;1-2H,(H2,6,7,8). The molecule has 39 heavy (non-hydrogen) atoms. The zero-order valence-corrected chi connectivity index (χ0v) is 24.7. The minimum absolute atomic E-state index is 0.206. The molecule has 0 saturated carbocycles. The van der Waals surface area contributed by atoms with Crippen LogP contribution in [0.25, 0.3) is 27.6 Å². The van der Waals surface area contributed by atoms with Crippen molar-refractivity contribution in [1.82, 2.24) is 29.5 Å². The molecule has 13 heteroatoms. The highest BCUT2D eigenvalue weighted by Gasteiger charge is 2.10. The zero-order chi connectivity index (χ0) is 27.9. The molecule has 10 nitrogen and oxygen atoms in total. The number of benzene rings is 2. The number of aromatic nitrogens is 6. The van der Waals surface area contributed by atoms with Gasteiger partial charge in [0.05, 0.1) is 25.3 Å². The van der Waals surface area contributed by atoms with Crippen LogP contribution in [0, 0.1) is 0 Å². The van der Waals surface area contributed by atoms with Crippen LogP contribution in [-0.2, 0) is 0 Å². The lowest BCUT2D eigenvalue weighted by atomic mass is 10.2. The van der Waals surface area contributed by atoms with Crippen LogP contribution >= 0.6 is 43.5 Å². The van der Waals surface area contributed by atoms with Crippen molar-refractivity contribution in [2.75, 3.05) is 25.7 Å². The minimum Gasteiger partial charge on any atom is -0.496 e. The molecule has 0 aliphatic carbocycles. The van der Waals surface area contributed by atoms with E-state index in [1.807, 2.05) is 59.4 Å². The van der Waals surface area contributed by atoms with Gasteiger partial charge in [-0.15, -0.1) is 0 Å². The number of hydrogen-bond donors (Lipinski definition) is 3. The Hall–Kier alpha value is -3.87. The summed E-state index contributed by atoms with van der Waals surface area (Å²) >= 11 is 12.3. The Morgan fingerprint density at radius 2 is 1.46 bits per heavy atom. The number of nitrogens with zero attached hydrogens (tertiary/aromatic N) is 5. The maximum Gasteiger partial charge on any atom is 0.221 e. The number of fused-ring (bicyclic) bond motifs is 2. The summed E-state index contributed by atoms with van der Waals surface area (Å²) in [5.41, 5.74) is 12.9. The van der Waals surface area contributed by atoms with Gasteiger partial charge in [-0.05, 0) is 48.5 Å². The third kappa shape index (κ3) is 6.96. The van der Waals surface area contributed by atoms with Gasteiger partial charge in [0, 0.05) is 44.5 Å². The third-order valence-electron chi connectivity index (χ3n) is 5.32. The van der Waals surface area contributed by atoms with E-state index >= 15 is 0 Å². The Morgan fingerprint density at radius 1 is 0.821 bits per heavy atom. The predicted octanol–water partition coefficient (Wildman–Crippen LogP) is 6.43. The molecule has 4 aromatic heterocycles. The smallest absolute Gasteiger partial charge is 0.221 e. The molecule has 0 atom stereocenters. The van der Waals surface area contributed by atoms with Crippen molar-refractivity contribution in [3.05, 3.63) is 87.4 Å². The van der Waals surface area contributed by atoms with Crippen LogP contribution < -0.4 is 20.9 Å². The van der Waals surface area contributed by atoms with E-state index in [0.717, 1.165) is 48.1 Å². The Labute approximate surface area is 245 Å². The summed E-state index contributed by atoms with van der Waals surface area (Å²) in [7, 11) is 3.33. The first kappa shape index (κ1) is 28.1. The molecule has 200 valence electrons. The third-order valence-corrected chi connectivity index (χ3v) is 6.44. The van der Waals surface area contributed by atoms with Crippen LogP contribution in [-0.4, -0.2) is 43.7 Å². The molecule has 2 aromatic carbocycles. The van der Waals surface area contributed by atoms with Gasteiger partial charge in [0.1, 0.15) is 22.5 Å². The molecule has 0 radical (unpaired) electrons. The molecule has 0 aliphatic rings. The highest BCUT2D eigenvalue weighted by molar-refractivity contribution is 9.10. The number of nitrogen functional groups attached to an aromatic ring is 2. The normalized spacial score (nSPS) is 10.4. The highest BCUT2D eigenvalue weighted by Crippen LogP contribution is 2.32. The summed E-state index contributed by atoms with van der Waals surface area (Å²) in [5, 5.41) is 2.50. The second-order valence-electron chi connectivity index (χ2n) is 7.78. The van der Waals surface area contributed by atoms with Crippen LogP contribution in [0.1, 0.15) is 0 Å². The van der Waals surface area contributed by atoms with E-state index in [4.69, 9.17) is 32.5 Å². The SMILES string of the molecule is COc1cc(Br)cc2[nH]ccc12.COc1cc(Br)cc2c1ccn2-c1ccnc(N)n1.Nc1nccc(Cl)n1. The number of nitrogens with one attached hydrogen (secondary N) is 1. The summed E-state index contributed by atoms with van der Waals surface area (Å²) in [4.78, 5) is 18.5. The monoisotopic (exact) mass is 672 g/mol. The van der Waals surface area contributed by atoms with Gasteiger partial charge < -0.3 is 30.5 Å². The van der Waals surface area contributed by atoms with Gasteiger partial charge >= 0.3 is 0 Å². The van der Waals surface area contributed by atoms with Crippen LogP contribution in [0.2, 0.25) is 5.15 Å². The van der Waals surface area contributed by atoms with Gasteiger partial charge in [0.2, 0.25) is 11.9 Å². The lowest BCUT2D eigenvalue weighted by Crippen LogP contribution is -2.01. The maximum atomic E-state index is 5.63. The van der Waals surface area contributed by atoms with Crippen LogP contribution in [0.5, 0.6) is 11.5 Å². The molecule has 0 aliphatic heterocycles. The van der Waals surface area contributed by atoms with Gasteiger partial charge in [0.15, 0.2) is 0 Å². The highest BCUT2D eigenvalue weighted by atomic mass is 79.9. The topological polar surface area (TPSA) is 143 Å². The predicted molar refractivity (Wildman–Crippen MR) is 162 cm³/mol. The van der Waals surface area contributed by atoms with E-state index in [2.05, 4.69) is 56.8 Å². The number of halogens is 3. The molecule has 0 unspecified atom stereocenters. The molecular weight excluding hydrogens is 652 g/mol. The molecule has 6 aromatic rings. The fraction of sp³-hybridized carbons (Fsp3) is 0.0769. The quantitative estimate of drug-likeness (QED) is 0.183. The molecule has 5 N–H and O–H groups in total. The fourth-order valence-corrected chi connectivity index (χ4v) is 4.67. The van der Waals surface area contributed by atoms with E-state index in [-0.39, 0.29) is 11.9 Å². The molecule has 0 fully saturated rings.